The van der Waals surface area contributed by atoms with Crippen molar-refractivity contribution in [2.75, 3.05) is 31.6 Å². The van der Waals surface area contributed by atoms with Gasteiger partial charge >= 0.3 is 5.97 Å². The first-order chi connectivity index (χ1) is 10.3. The fraction of sp³-hybridized carbons (Fsp3) is 0.667. The summed E-state index contributed by atoms with van der Waals surface area (Å²) in [5, 5.41) is 3.60. The number of nitrogens with one attached hydrogen (secondary N) is 1. The molecular weight excluding hydrogens is 268 g/mol. The van der Waals surface area contributed by atoms with Crippen molar-refractivity contribution in [3.8, 4) is 0 Å². The molecule has 3 heterocycles. The fourth-order valence-electron chi connectivity index (χ4n) is 3.38. The van der Waals surface area contributed by atoms with Crippen molar-refractivity contribution >= 4 is 11.8 Å². The second-order valence-electron chi connectivity index (χ2n) is 5.78. The van der Waals surface area contributed by atoms with Crippen LogP contribution in [0.3, 0.4) is 0 Å². The molecule has 0 bridgehead atoms. The number of methoxy groups -OCH3 is 1. The van der Waals surface area contributed by atoms with Crippen LogP contribution < -0.4 is 10.2 Å². The van der Waals surface area contributed by atoms with E-state index in [1.54, 1.807) is 6.20 Å². The standard InChI is InChI=1S/C15H22N4O2/c1-21-15(20)14-17-8-6-13(18-14)19-9-3-4-11(10-19)12-5-2-7-16-12/h6,8,11-12,16H,2-5,7,9-10H2,1H3. The molecule has 2 saturated heterocycles. The number of hydrogen-bond donors (Lipinski definition) is 1. The second kappa shape index (κ2) is 6.39. The van der Waals surface area contributed by atoms with Crippen LogP contribution in [0.25, 0.3) is 0 Å². The lowest BCUT2D eigenvalue weighted by Crippen LogP contribution is -2.44. The van der Waals surface area contributed by atoms with E-state index in [1.165, 1.54) is 32.8 Å². The Morgan fingerprint density at radius 1 is 1.43 bits per heavy atom. The zero-order valence-corrected chi connectivity index (χ0v) is 12.4. The number of esters is 1. The van der Waals surface area contributed by atoms with Crippen molar-refractivity contribution < 1.29 is 9.53 Å². The summed E-state index contributed by atoms with van der Waals surface area (Å²) in [5.41, 5.74) is 0. The summed E-state index contributed by atoms with van der Waals surface area (Å²) in [6.45, 7) is 3.12. The fourth-order valence-corrected chi connectivity index (χ4v) is 3.38. The van der Waals surface area contributed by atoms with Crippen molar-refractivity contribution in [2.45, 2.75) is 31.7 Å². The first-order valence-electron chi connectivity index (χ1n) is 7.67. The minimum atomic E-state index is -0.483. The van der Waals surface area contributed by atoms with Gasteiger partial charge in [-0.05, 0) is 44.2 Å². The minimum Gasteiger partial charge on any atom is -0.463 e. The van der Waals surface area contributed by atoms with E-state index in [-0.39, 0.29) is 5.82 Å². The van der Waals surface area contributed by atoms with E-state index < -0.39 is 5.97 Å². The van der Waals surface area contributed by atoms with E-state index in [1.807, 2.05) is 6.07 Å². The SMILES string of the molecule is COC(=O)c1nccc(N2CCCC(C3CCCN3)C2)n1. The molecule has 2 aliphatic rings. The lowest BCUT2D eigenvalue weighted by Gasteiger charge is -2.36. The molecule has 3 rings (SSSR count). The van der Waals surface area contributed by atoms with Gasteiger partial charge in [-0.1, -0.05) is 0 Å². The first kappa shape index (κ1) is 14.3. The van der Waals surface area contributed by atoms with Gasteiger partial charge in [0, 0.05) is 25.3 Å². The average molecular weight is 290 g/mol. The maximum absolute atomic E-state index is 11.5. The number of rotatable bonds is 3. The third-order valence-corrected chi connectivity index (χ3v) is 4.46. The number of piperidine rings is 1. The van der Waals surface area contributed by atoms with Crippen molar-refractivity contribution in [1.29, 1.82) is 0 Å². The molecule has 0 amide bonds. The van der Waals surface area contributed by atoms with Gasteiger partial charge in [0.25, 0.3) is 0 Å². The highest BCUT2D eigenvalue weighted by molar-refractivity contribution is 5.85. The van der Waals surface area contributed by atoms with Crippen LogP contribution >= 0.6 is 0 Å². The van der Waals surface area contributed by atoms with E-state index in [9.17, 15) is 4.79 Å². The Morgan fingerprint density at radius 2 is 2.33 bits per heavy atom. The van der Waals surface area contributed by atoms with Crippen LogP contribution in [-0.2, 0) is 4.74 Å². The Hall–Kier alpha value is -1.69. The number of nitrogens with zero attached hydrogens (tertiary/aromatic N) is 3. The van der Waals surface area contributed by atoms with E-state index in [2.05, 4.69) is 24.9 Å². The van der Waals surface area contributed by atoms with Crippen LogP contribution in [-0.4, -0.2) is 48.7 Å². The van der Waals surface area contributed by atoms with Crippen LogP contribution in [0.2, 0.25) is 0 Å². The zero-order chi connectivity index (χ0) is 14.7. The topological polar surface area (TPSA) is 67.3 Å². The Bertz CT molecular complexity index is 502. The number of ether oxygens (including phenoxy) is 1. The van der Waals surface area contributed by atoms with E-state index >= 15 is 0 Å². The van der Waals surface area contributed by atoms with Gasteiger partial charge in [-0.2, -0.15) is 0 Å². The molecule has 1 aromatic heterocycles. The molecule has 2 fully saturated rings. The number of anilines is 1. The number of hydrogen-bond acceptors (Lipinski definition) is 6. The molecule has 0 aliphatic carbocycles. The monoisotopic (exact) mass is 290 g/mol. The van der Waals surface area contributed by atoms with Crippen molar-refractivity contribution in [2.24, 2.45) is 5.92 Å². The molecule has 21 heavy (non-hydrogen) atoms. The molecule has 0 radical (unpaired) electrons. The molecule has 2 unspecified atom stereocenters. The molecule has 1 aromatic rings. The molecule has 6 nitrogen and oxygen atoms in total. The summed E-state index contributed by atoms with van der Waals surface area (Å²) in [4.78, 5) is 22.1. The number of carbonyl (C=O) groups excluding carboxylic acids is 1. The third kappa shape index (κ3) is 3.15. The average Bonchev–Trinajstić information content (AvgIpc) is 3.09. The van der Waals surface area contributed by atoms with Crippen molar-refractivity contribution in [3.63, 3.8) is 0 Å². The summed E-state index contributed by atoms with van der Waals surface area (Å²) < 4.78 is 4.69. The first-order valence-corrected chi connectivity index (χ1v) is 7.67. The zero-order valence-electron chi connectivity index (χ0n) is 12.4. The van der Waals surface area contributed by atoms with Crippen LogP contribution in [0.5, 0.6) is 0 Å². The normalized spacial score (nSPS) is 25.9. The third-order valence-electron chi connectivity index (χ3n) is 4.46. The van der Waals surface area contributed by atoms with E-state index in [0.29, 0.717) is 12.0 Å². The highest BCUT2D eigenvalue weighted by Gasteiger charge is 2.29. The summed E-state index contributed by atoms with van der Waals surface area (Å²) in [7, 11) is 1.35. The molecular formula is C15H22N4O2. The van der Waals surface area contributed by atoms with Crippen LogP contribution in [0, 0.1) is 5.92 Å². The van der Waals surface area contributed by atoms with Gasteiger partial charge < -0.3 is 15.0 Å². The molecule has 0 saturated carbocycles. The molecule has 0 spiro atoms. The van der Waals surface area contributed by atoms with Gasteiger partial charge in [-0.15, -0.1) is 0 Å². The van der Waals surface area contributed by atoms with Crippen LogP contribution in [0.4, 0.5) is 5.82 Å². The highest BCUT2D eigenvalue weighted by Crippen LogP contribution is 2.27. The van der Waals surface area contributed by atoms with Gasteiger partial charge in [-0.25, -0.2) is 14.8 Å². The highest BCUT2D eigenvalue weighted by atomic mass is 16.5. The Balaban J connectivity index is 1.72. The molecule has 1 N–H and O–H groups in total. The lowest BCUT2D eigenvalue weighted by atomic mass is 9.90. The van der Waals surface area contributed by atoms with Gasteiger partial charge in [0.15, 0.2) is 0 Å². The second-order valence-corrected chi connectivity index (χ2v) is 5.78. The van der Waals surface area contributed by atoms with Crippen molar-refractivity contribution in [3.05, 3.63) is 18.1 Å². The summed E-state index contributed by atoms with van der Waals surface area (Å²) in [5.74, 6) is 1.14. The summed E-state index contributed by atoms with van der Waals surface area (Å²) >= 11 is 0. The Labute approximate surface area is 124 Å². The largest absolute Gasteiger partial charge is 0.463 e. The summed E-state index contributed by atoms with van der Waals surface area (Å²) in [6.07, 6.45) is 6.62. The molecule has 2 atom stereocenters. The molecule has 0 aromatic carbocycles. The molecule has 114 valence electrons. The van der Waals surface area contributed by atoms with E-state index in [4.69, 9.17) is 0 Å². The Kier molecular flexibility index (Phi) is 4.34. The van der Waals surface area contributed by atoms with Crippen LogP contribution in [0.1, 0.15) is 36.3 Å². The van der Waals surface area contributed by atoms with Gasteiger partial charge in [0.1, 0.15) is 5.82 Å². The smallest absolute Gasteiger partial charge is 0.376 e. The van der Waals surface area contributed by atoms with Gasteiger partial charge in [0.2, 0.25) is 5.82 Å². The Morgan fingerprint density at radius 3 is 3.10 bits per heavy atom. The van der Waals surface area contributed by atoms with Gasteiger partial charge in [0.05, 0.1) is 7.11 Å². The lowest BCUT2D eigenvalue weighted by molar-refractivity contribution is 0.0586. The molecule has 2 aliphatic heterocycles. The molecule has 6 heteroatoms. The number of carbonyl (C=O) groups is 1. The van der Waals surface area contributed by atoms with Crippen molar-refractivity contribution in [1.82, 2.24) is 15.3 Å². The van der Waals surface area contributed by atoms with Gasteiger partial charge in [-0.3, -0.25) is 0 Å². The maximum atomic E-state index is 11.5. The van der Waals surface area contributed by atoms with E-state index in [0.717, 1.165) is 25.5 Å². The predicted molar refractivity (Wildman–Crippen MR) is 79.3 cm³/mol. The predicted octanol–water partition coefficient (Wildman–Crippen LogP) is 1.23. The van der Waals surface area contributed by atoms with Crippen LogP contribution in [0.15, 0.2) is 12.3 Å². The minimum absolute atomic E-state index is 0.135. The summed E-state index contributed by atoms with van der Waals surface area (Å²) in [6, 6.07) is 2.51. The maximum Gasteiger partial charge on any atom is 0.376 e. The quantitative estimate of drug-likeness (QED) is 0.845. The number of aromatic nitrogens is 2.